The second-order valence-electron chi connectivity index (χ2n) is 5.54. The number of sulfonamides is 1. The molecule has 126 valence electrons. The molecule has 1 atom stereocenters. The summed E-state index contributed by atoms with van der Waals surface area (Å²) in [5.41, 5.74) is -0.137. The van der Waals surface area contributed by atoms with Crippen LogP contribution in [0.25, 0.3) is 0 Å². The van der Waals surface area contributed by atoms with Gasteiger partial charge in [-0.3, -0.25) is 10.1 Å². The van der Waals surface area contributed by atoms with E-state index < -0.39 is 21.2 Å². The molecule has 9 heteroatoms. The van der Waals surface area contributed by atoms with Crippen LogP contribution >= 0.6 is 0 Å². The molecule has 0 radical (unpaired) electrons. The van der Waals surface area contributed by atoms with Gasteiger partial charge in [-0.05, 0) is 25.0 Å². The molecule has 2 aliphatic heterocycles. The number of piperidine rings is 1. The van der Waals surface area contributed by atoms with E-state index in [1.807, 2.05) is 0 Å². The summed E-state index contributed by atoms with van der Waals surface area (Å²) in [6.45, 7) is 1.33. The normalized spacial score (nSPS) is 23.9. The highest BCUT2D eigenvalue weighted by atomic mass is 32.2. The Kier molecular flexibility index (Phi) is 4.62. The van der Waals surface area contributed by atoms with Crippen molar-refractivity contribution in [1.29, 1.82) is 0 Å². The number of nitro groups is 1. The van der Waals surface area contributed by atoms with Crippen LogP contribution in [0.15, 0.2) is 29.2 Å². The minimum Gasteiger partial charge on any atom is -0.349 e. The van der Waals surface area contributed by atoms with Crippen LogP contribution in [-0.2, 0) is 19.5 Å². The Morgan fingerprint density at radius 2 is 1.78 bits per heavy atom. The van der Waals surface area contributed by atoms with Gasteiger partial charge in [0.15, 0.2) is 6.29 Å². The average molecular weight is 342 g/mol. The molecular formula is C14H18N2O6S. The Morgan fingerprint density at radius 3 is 2.39 bits per heavy atom. The third kappa shape index (κ3) is 3.23. The number of ether oxygens (including phenoxy) is 2. The molecule has 23 heavy (non-hydrogen) atoms. The van der Waals surface area contributed by atoms with Crippen molar-refractivity contribution in [3.8, 4) is 0 Å². The molecule has 1 aromatic rings. The summed E-state index contributed by atoms with van der Waals surface area (Å²) in [6, 6.07) is 4.60. The number of hydrogen-bond donors (Lipinski definition) is 0. The van der Waals surface area contributed by atoms with Gasteiger partial charge in [-0.1, -0.05) is 6.42 Å². The molecule has 0 aromatic heterocycles. The molecule has 2 heterocycles. The number of nitrogens with zero attached hydrogens (tertiary/aromatic N) is 2. The molecule has 3 rings (SSSR count). The Bertz CT molecular complexity index is 669. The lowest BCUT2D eigenvalue weighted by molar-refractivity contribution is -0.384. The highest BCUT2D eigenvalue weighted by Gasteiger charge is 2.40. The SMILES string of the molecule is O=[N+]([O-])c1ccc(S(=O)(=O)N2CCCCC2C2OCCO2)cc1. The summed E-state index contributed by atoms with van der Waals surface area (Å²) in [7, 11) is -3.74. The fourth-order valence-electron chi connectivity index (χ4n) is 2.98. The zero-order valence-electron chi connectivity index (χ0n) is 12.5. The molecule has 1 unspecified atom stereocenters. The Morgan fingerprint density at radius 1 is 1.13 bits per heavy atom. The van der Waals surface area contributed by atoms with Crippen molar-refractivity contribution in [2.75, 3.05) is 19.8 Å². The first-order chi connectivity index (χ1) is 11.0. The van der Waals surface area contributed by atoms with Crippen LogP contribution in [0, 0.1) is 10.1 Å². The maximum absolute atomic E-state index is 12.9. The van der Waals surface area contributed by atoms with Crippen LogP contribution in [0.2, 0.25) is 0 Å². The molecule has 2 saturated heterocycles. The zero-order chi connectivity index (χ0) is 16.4. The summed E-state index contributed by atoms with van der Waals surface area (Å²) in [6.07, 6.45) is 1.83. The summed E-state index contributed by atoms with van der Waals surface area (Å²) >= 11 is 0. The molecule has 0 spiro atoms. The van der Waals surface area contributed by atoms with Crippen LogP contribution in [0.5, 0.6) is 0 Å². The van der Waals surface area contributed by atoms with Gasteiger partial charge in [-0.2, -0.15) is 4.31 Å². The lowest BCUT2D eigenvalue weighted by Crippen LogP contribution is -2.50. The Hall–Kier alpha value is -1.55. The van der Waals surface area contributed by atoms with Gasteiger partial charge in [0.25, 0.3) is 5.69 Å². The minimum absolute atomic E-state index is 0.0491. The fraction of sp³-hybridized carbons (Fsp3) is 0.571. The molecule has 2 aliphatic rings. The van der Waals surface area contributed by atoms with Gasteiger partial charge in [0, 0.05) is 18.7 Å². The molecule has 8 nitrogen and oxygen atoms in total. The van der Waals surface area contributed by atoms with E-state index in [9.17, 15) is 18.5 Å². The van der Waals surface area contributed by atoms with E-state index in [-0.39, 0.29) is 16.6 Å². The fourth-order valence-corrected chi connectivity index (χ4v) is 4.66. The van der Waals surface area contributed by atoms with Crippen LogP contribution in [0.4, 0.5) is 5.69 Å². The molecule has 0 aliphatic carbocycles. The van der Waals surface area contributed by atoms with Crippen molar-refractivity contribution in [2.45, 2.75) is 36.5 Å². The van der Waals surface area contributed by atoms with Crippen LogP contribution in [-0.4, -0.2) is 49.7 Å². The van der Waals surface area contributed by atoms with Crippen molar-refractivity contribution in [3.05, 3.63) is 34.4 Å². The molecule has 0 bridgehead atoms. The van der Waals surface area contributed by atoms with Crippen molar-refractivity contribution in [3.63, 3.8) is 0 Å². The molecule has 2 fully saturated rings. The van der Waals surface area contributed by atoms with Crippen molar-refractivity contribution in [2.24, 2.45) is 0 Å². The van der Waals surface area contributed by atoms with Gasteiger partial charge in [-0.15, -0.1) is 0 Å². The van der Waals surface area contributed by atoms with Crippen molar-refractivity contribution in [1.82, 2.24) is 4.31 Å². The maximum atomic E-state index is 12.9. The van der Waals surface area contributed by atoms with Gasteiger partial charge < -0.3 is 9.47 Å². The smallest absolute Gasteiger partial charge is 0.269 e. The summed E-state index contributed by atoms with van der Waals surface area (Å²) in [5, 5.41) is 10.7. The molecule has 0 saturated carbocycles. The van der Waals surface area contributed by atoms with E-state index in [1.165, 1.54) is 28.6 Å². The molecule has 1 aromatic carbocycles. The third-order valence-corrected chi connectivity index (χ3v) is 6.05. The van der Waals surface area contributed by atoms with Gasteiger partial charge in [-0.25, -0.2) is 8.42 Å². The van der Waals surface area contributed by atoms with Gasteiger partial charge in [0.2, 0.25) is 10.0 Å². The second-order valence-corrected chi connectivity index (χ2v) is 7.43. The largest absolute Gasteiger partial charge is 0.349 e. The van der Waals surface area contributed by atoms with E-state index >= 15 is 0 Å². The zero-order valence-corrected chi connectivity index (χ0v) is 13.3. The summed E-state index contributed by atoms with van der Waals surface area (Å²) in [5.74, 6) is 0. The third-order valence-electron chi connectivity index (χ3n) is 4.11. The maximum Gasteiger partial charge on any atom is 0.269 e. The molecule has 0 N–H and O–H groups in total. The van der Waals surface area contributed by atoms with Crippen LogP contribution < -0.4 is 0 Å². The Balaban J connectivity index is 1.88. The highest BCUT2D eigenvalue weighted by molar-refractivity contribution is 7.89. The first-order valence-corrected chi connectivity index (χ1v) is 8.93. The van der Waals surface area contributed by atoms with E-state index in [2.05, 4.69) is 0 Å². The summed E-state index contributed by atoms with van der Waals surface area (Å²) < 4.78 is 38.1. The average Bonchev–Trinajstić information content (AvgIpc) is 3.09. The number of nitro benzene ring substituents is 1. The van der Waals surface area contributed by atoms with Crippen LogP contribution in [0.3, 0.4) is 0 Å². The first kappa shape index (κ1) is 16.3. The lowest BCUT2D eigenvalue weighted by atomic mass is 10.0. The van der Waals surface area contributed by atoms with E-state index in [0.29, 0.717) is 26.2 Å². The Labute approximate surface area is 134 Å². The number of benzene rings is 1. The minimum atomic E-state index is -3.74. The quantitative estimate of drug-likeness (QED) is 0.607. The topological polar surface area (TPSA) is 99.0 Å². The van der Waals surface area contributed by atoms with Gasteiger partial charge in [0.05, 0.1) is 29.1 Å². The number of rotatable bonds is 4. The number of non-ortho nitro benzene ring substituents is 1. The lowest BCUT2D eigenvalue weighted by Gasteiger charge is -2.36. The summed E-state index contributed by atoms with van der Waals surface area (Å²) in [4.78, 5) is 10.2. The first-order valence-electron chi connectivity index (χ1n) is 7.49. The predicted molar refractivity (Wildman–Crippen MR) is 80.3 cm³/mol. The predicted octanol–water partition coefficient (Wildman–Crippen LogP) is 1.51. The second kappa shape index (κ2) is 6.52. The van der Waals surface area contributed by atoms with Crippen LogP contribution in [0.1, 0.15) is 19.3 Å². The van der Waals surface area contributed by atoms with E-state index in [4.69, 9.17) is 9.47 Å². The number of hydrogen-bond acceptors (Lipinski definition) is 6. The van der Waals surface area contributed by atoms with Gasteiger partial charge >= 0.3 is 0 Å². The van der Waals surface area contributed by atoms with Crippen molar-refractivity contribution < 1.29 is 22.8 Å². The van der Waals surface area contributed by atoms with E-state index in [1.54, 1.807) is 0 Å². The van der Waals surface area contributed by atoms with Crippen molar-refractivity contribution >= 4 is 15.7 Å². The van der Waals surface area contributed by atoms with E-state index in [0.717, 1.165) is 12.8 Å². The van der Waals surface area contributed by atoms with Gasteiger partial charge in [0.1, 0.15) is 0 Å². The monoisotopic (exact) mass is 342 g/mol. The standard InChI is InChI=1S/C14H18N2O6S/c17-16(18)11-4-6-12(7-5-11)23(19,20)15-8-2-1-3-13(15)14-21-9-10-22-14/h4-7,13-14H,1-3,8-10H2. The molecule has 0 amide bonds. The highest BCUT2D eigenvalue weighted by Crippen LogP contribution is 2.30. The molecular weight excluding hydrogens is 324 g/mol.